The van der Waals surface area contributed by atoms with Crippen LogP contribution in [0.3, 0.4) is 0 Å². The molecule has 0 aliphatic heterocycles. The lowest BCUT2D eigenvalue weighted by molar-refractivity contribution is -0.0885. The Hall–Kier alpha value is -1.96. The van der Waals surface area contributed by atoms with Crippen LogP contribution < -0.4 is 5.32 Å². The zero-order chi connectivity index (χ0) is 14.8. The van der Waals surface area contributed by atoms with E-state index in [4.69, 9.17) is 0 Å². The minimum Gasteiger partial charge on any atom is -0.324 e. The van der Waals surface area contributed by atoms with Crippen molar-refractivity contribution in [3.05, 3.63) is 46.7 Å². The molecule has 1 aromatic carbocycles. The van der Waals surface area contributed by atoms with Crippen molar-refractivity contribution < 1.29 is 18.0 Å². The summed E-state index contributed by atoms with van der Waals surface area (Å²) < 4.78 is 37.4. The molecule has 1 aromatic heterocycles. The maximum atomic E-state index is 12.2. The van der Waals surface area contributed by atoms with E-state index in [9.17, 15) is 18.0 Å². The Labute approximate surface area is 120 Å². The molecule has 20 heavy (non-hydrogen) atoms. The number of anilines is 2. The first-order valence-electron chi connectivity index (χ1n) is 5.32. The lowest BCUT2D eigenvalue weighted by Gasteiger charge is -2.07. The number of nitrogens with zero attached hydrogens (tertiary/aromatic N) is 2. The second-order valence-electron chi connectivity index (χ2n) is 3.75. The third-order valence-corrected chi connectivity index (χ3v) is 2.69. The quantitative estimate of drug-likeness (QED) is 0.861. The normalized spacial score (nSPS) is 11.2. The topological polar surface area (TPSA) is 54.9 Å². The van der Waals surface area contributed by atoms with Crippen molar-refractivity contribution >= 4 is 33.3 Å². The van der Waals surface area contributed by atoms with Gasteiger partial charge in [-0.25, -0.2) is 9.97 Å². The number of halogens is 4. The molecule has 104 valence electrons. The monoisotopic (exact) mass is 345 g/mol. The van der Waals surface area contributed by atoms with Crippen molar-refractivity contribution in [1.82, 2.24) is 9.97 Å². The van der Waals surface area contributed by atoms with E-state index in [-0.39, 0.29) is 0 Å². The second kappa shape index (κ2) is 5.58. The van der Waals surface area contributed by atoms with Gasteiger partial charge in [0.05, 0.1) is 4.47 Å². The van der Waals surface area contributed by atoms with E-state index in [1.165, 1.54) is 24.5 Å². The molecule has 2 aromatic rings. The number of aromatic nitrogens is 2. The largest absolute Gasteiger partial charge is 0.454 e. The van der Waals surface area contributed by atoms with Crippen LogP contribution in [0.2, 0.25) is 0 Å². The lowest BCUT2D eigenvalue weighted by Crippen LogP contribution is -2.22. The number of alkyl halides is 3. The van der Waals surface area contributed by atoms with Crippen LogP contribution in [0.5, 0.6) is 0 Å². The van der Waals surface area contributed by atoms with Gasteiger partial charge in [-0.05, 0) is 40.2 Å². The number of hydrogen-bond acceptors (Lipinski definition) is 4. The molecule has 0 aliphatic rings. The highest BCUT2D eigenvalue weighted by Gasteiger charge is 2.39. The predicted octanol–water partition coefficient (Wildman–Crippen LogP) is 3.73. The van der Waals surface area contributed by atoms with Crippen molar-refractivity contribution in [3.63, 3.8) is 0 Å². The molecule has 0 saturated carbocycles. The van der Waals surface area contributed by atoms with Gasteiger partial charge in [0.25, 0.3) is 5.78 Å². The summed E-state index contributed by atoms with van der Waals surface area (Å²) in [7, 11) is 0. The Morgan fingerprint density at radius 3 is 2.15 bits per heavy atom. The Kier molecular flexibility index (Phi) is 4.03. The van der Waals surface area contributed by atoms with Gasteiger partial charge in [-0.2, -0.15) is 13.2 Å². The van der Waals surface area contributed by atoms with Gasteiger partial charge in [-0.1, -0.05) is 0 Å². The summed E-state index contributed by atoms with van der Waals surface area (Å²) in [6.07, 6.45) is -1.82. The zero-order valence-corrected chi connectivity index (χ0v) is 11.4. The average molecular weight is 346 g/mol. The van der Waals surface area contributed by atoms with Crippen molar-refractivity contribution in [1.29, 1.82) is 0 Å². The summed E-state index contributed by atoms with van der Waals surface area (Å²) in [5, 5.41) is 2.80. The molecule has 0 amide bonds. The van der Waals surface area contributed by atoms with Crippen LogP contribution in [0.15, 0.2) is 41.1 Å². The first-order valence-corrected chi connectivity index (χ1v) is 6.12. The summed E-state index contributed by atoms with van der Waals surface area (Å²) in [4.78, 5) is 18.9. The van der Waals surface area contributed by atoms with E-state index in [1.54, 1.807) is 0 Å². The Morgan fingerprint density at radius 2 is 1.65 bits per heavy atom. The summed E-state index contributed by atoms with van der Waals surface area (Å²) in [6, 6.07) is 4.89. The molecule has 8 heteroatoms. The molecule has 0 fully saturated rings. The van der Waals surface area contributed by atoms with Crippen LogP contribution in [0, 0.1) is 0 Å². The number of carbonyl (C=O) groups is 1. The van der Waals surface area contributed by atoms with Crippen LogP contribution in [-0.2, 0) is 0 Å². The molecule has 1 N–H and O–H groups in total. The van der Waals surface area contributed by atoms with Gasteiger partial charge in [-0.3, -0.25) is 4.79 Å². The van der Waals surface area contributed by atoms with E-state index < -0.39 is 17.5 Å². The fraction of sp³-hybridized carbons (Fsp3) is 0.0833. The fourth-order valence-electron chi connectivity index (χ4n) is 1.37. The minimum absolute atomic E-state index is 0.295. The summed E-state index contributed by atoms with van der Waals surface area (Å²) in [5.74, 6) is -1.58. The van der Waals surface area contributed by atoms with Crippen LogP contribution in [0.4, 0.5) is 24.8 Å². The smallest absolute Gasteiger partial charge is 0.324 e. The maximum Gasteiger partial charge on any atom is 0.454 e. The van der Waals surface area contributed by atoms with Gasteiger partial charge < -0.3 is 5.32 Å². The van der Waals surface area contributed by atoms with Gasteiger partial charge >= 0.3 is 6.18 Å². The van der Waals surface area contributed by atoms with Crippen molar-refractivity contribution in [2.45, 2.75) is 6.18 Å². The number of ketones is 1. The van der Waals surface area contributed by atoms with E-state index in [0.717, 1.165) is 12.1 Å². The standard InChI is InChI=1S/C12H7BrF3N3O/c13-8-5-17-11(18-6-8)19-9-3-1-7(2-4-9)10(20)12(14,15)16/h1-6H,(H,17,18,19). The maximum absolute atomic E-state index is 12.2. The molecule has 0 unspecified atom stereocenters. The zero-order valence-electron chi connectivity index (χ0n) is 9.78. The Balaban J connectivity index is 2.12. The van der Waals surface area contributed by atoms with Gasteiger partial charge in [0, 0.05) is 23.6 Å². The van der Waals surface area contributed by atoms with Gasteiger partial charge in [-0.15, -0.1) is 0 Å². The van der Waals surface area contributed by atoms with Crippen LogP contribution in [0.1, 0.15) is 10.4 Å². The highest BCUT2D eigenvalue weighted by molar-refractivity contribution is 9.10. The molecule has 0 aliphatic carbocycles. The van der Waals surface area contributed by atoms with E-state index in [2.05, 4.69) is 31.2 Å². The first-order chi connectivity index (χ1) is 9.36. The number of hydrogen-bond donors (Lipinski definition) is 1. The van der Waals surface area contributed by atoms with Crippen molar-refractivity contribution in [3.8, 4) is 0 Å². The van der Waals surface area contributed by atoms with E-state index in [0.29, 0.717) is 16.1 Å². The molecule has 4 nitrogen and oxygen atoms in total. The molecule has 2 rings (SSSR count). The molecule has 0 bridgehead atoms. The molecular formula is C12H7BrF3N3O. The summed E-state index contributed by atoms with van der Waals surface area (Å²) >= 11 is 3.18. The number of carbonyl (C=O) groups excluding carboxylic acids is 1. The predicted molar refractivity (Wildman–Crippen MR) is 69.8 cm³/mol. The highest BCUT2D eigenvalue weighted by atomic mass is 79.9. The van der Waals surface area contributed by atoms with Crippen molar-refractivity contribution in [2.24, 2.45) is 0 Å². The van der Waals surface area contributed by atoms with Crippen LogP contribution in [-0.4, -0.2) is 21.9 Å². The molecule has 0 radical (unpaired) electrons. The van der Waals surface area contributed by atoms with Gasteiger partial charge in [0.1, 0.15) is 0 Å². The van der Waals surface area contributed by atoms with Crippen molar-refractivity contribution in [2.75, 3.05) is 5.32 Å². The molecular weight excluding hydrogens is 339 g/mol. The number of rotatable bonds is 3. The number of Topliss-reactive ketones (excluding diaryl/α,β-unsaturated/α-hetero) is 1. The number of nitrogens with one attached hydrogen (secondary N) is 1. The summed E-state index contributed by atoms with van der Waals surface area (Å²) in [6.45, 7) is 0. The minimum atomic E-state index is -4.87. The molecule has 0 saturated heterocycles. The third kappa shape index (κ3) is 3.53. The Bertz CT molecular complexity index is 611. The van der Waals surface area contributed by atoms with Gasteiger partial charge in [0.2, 0.25) is 5.95 Å². The second-order valence-corrected chi connectivity index (χ2v) is 4.67. The van der Waals surface area contributed by atoms with Crippen LogP contribution >= 0.6 is 15.9 Å². The molecule has 0 atom stereocenters. The number of benzene rings is 1. The highest BCUT2D eigenvalue weighted by Crippen LogP contribution is 2.23. The molecule has 0 spiro atoms. The van der Waals surface area contributed by atoms with Gasteiger partial charge in [0.15, 0.2) is 0 Å². The fourth-order valence-corrected chi connectivity index (χ4v) is 1.58. The lowest BCUT2D eigenvalue weighted by atomic mass is 10.1. The Morgan fingerprint density at radius 1 is 1.10 bits per heavy atom. The summed E-state index contributed by atoms with van der Waals surface area (Å²) in [5.41, 5.74) is 0.0609. The SMILES string of the molecule is O=C(c1ccc(Nc2ncc(Br)cn2)cc1)C(F)(F)F. The van der Waals surface area contributed by atoms with E-state index >= 15 is 0 Å². The van der Waals surface area contributed by atoms with E-state index in [1.807, 2.05) is 0 Å². The average Bonchev–Trinajstić information content (AvgIpc) is 2.40. The third-order valence-electron chi connectivity index (χ3n) is 2.28. The molecule has 1 heterocycles. The first kappa shape index (κ1) is 14.4. The van der Waals surface area contributed by atoms with Crippen LogP contribution in [0.25, 0.3) is 0 Å².